The highest BCUT2D eigenvalue weighted by Gasteiger charge is 2.09. The molecule has 0 amide bonds. The highest BCUT2D eigenvalue weighted by Crippen LogP contribution is 2.25. The number of imidazole rings is 1. The molecule has 0 unspecified atom stereocenters. The number of nitrogen functional groups attached to an aromatic ring is 1. The molecule has 0 spiro atoms. The van der Waals surface area contributed by atoms with E-state index in [9.17, 15) is 0 Å². The number of nitrogens with zero attached hydrogens (tertiary/aromatic N) is 2. The van der Waals surface area contributed by atoms with Gasteiger partial charge in [-0.2, -0.15) is 0 Å². The van der Waals surface area contributed by atoms with Gasteiger partial charge in [-0.25, -0.2) is 4.98 Å². The van der Waals surface area contributed by atoms with Crippen molar-refractivity contribution in [3.8, 4) is 0 Å². The van der Waals surface area contributed by atoms with Gasteiger partial charge in [-0.3, -0.25) is 0 Å². The molecule has 2 rings (SSSR count). The van der Waals surface area contributed by atoms with Crippen molar-refractivity contribution in [2.45, 2.75) is 26.3 Å². The third kappa shape index (κ3) is 1.79. The predicted molar refractivity (Wildman–Crippen MR) is 64.1 cm³/mol. The van der Waals surface area contributed by atoms with Crippen LogP contribution in [0.25, 0.3) is 11.0 Å². The molecule has 2 aromatic rings. The minimum Gasteiger partial charge on any atom is -0.369 e. The molecule has 15 heavy (non-hydrogen) atoms. The van der Waals surface area contributed by atoms with E-state index in [1.54, 1.807) is 0 Å². The van der Waals surface area contributed by atoms with Crippen molar-refractivity contribution in [1.29, 1.82) is 0 Å². The SMILES string of the molecule is CCCCn1c(N)nc2c(Cl)cccc21. The summed E-state index contributed by atoms with van der Waals surface area (Å²) in [5, 5.41) is 0.662. The maximum atomic E-state index is 6.04. The summed E-state index contributed by atoms with van der Waals surface area (Å²) in [5.41, 5.74) is 7.68. The molecule has 0 bridgehead atoms. The number of anilines is 1. The van der Waals surface area contributed by atoms with Gasteiger partial charge in [-0.05, 0) is 18.6 Å². The van der Waals surface area contributed by atoms with Crippen molar-refractivity contribution in [1.82, 2.24) is 9.55 Å². The van der Waals surface area contributed by atoms with Crippen LogP contribution in [0.3, 0.4) is 0 Å². The molecule has 1 heterocycles. The molecule has 0 saturated carbocycles. The Bertz CT molecular complexity index is 476. The van der Waals surface area contributed by atoms with Gasteiger partial charge in [0.15, 0.2) is 0 Å². The second-order valence-corrected chi connectivity index (χ2v) is 3.99. The molecule has 4 heteroatoms. The zero-order valence-electron chi connectivity index (χ0n) is 8.70. The standard InChI is InChI=1S/C11H14ClN3/c1-2-3-7-15-9-6-4-5-8(12)10(9)14-11(15)13/h4-6H,2-3,7H2,1H3,(H2,13,14). The van der Waals surface area contributed by atoms with Gasteiger partial charge in [-0.15, -0.1) is 0 Å². The number of benzene rings is 1. The Morgan fingerprint density at radius 1 is 1.47 bits per heavy atom. The Morgan fingerprint density at radius 2 is 2.27 bits per heavy atom. The smallest absolute Gasteiger partial charge is 0.201 e. The summed E-state index contributed by atoms with van der Waals surface area (Å²) in [6.45, 7) is 3.06. The summed E-state index contributed by atoms with van der Waals surface area (Å²) in [6, 6.07) is 5.76. The average Bonchev–Trinajstić information content (AvgIpc) is 2.54. The Hall–Kier alpha value is -1.22. The number of unbranched alkanes of at least 4 members (excludes halogenated alkanes) is 1. The highest BCUT2D eigenvalue weighted by atomic mass is 35.5. The van der Waals surface area contributed by atoms with Crippen LogP contribution in [-0.4, -0.2) is 9.55 Å². The lowest BCUT2D eigenvalue weighted by Crippen LogP contribution is -2.02. The van der Waals surface area contributed by atoms with Gasteiger partial charge in [0.1, 0.15) is 5.52 Å². The van der Waals surface area contributed by atoms with Gasteiger partial charge in [0.05, 0.1) is 10.5 Å². The van der Waals surface area contributed by atoms with Crippen LogP contribution in [0.1, 0.15) is 19.8 Å². The van der Waals surface area contributed by atoms with Gasteiger partial charge in [0.25, 0.3) is 0 Å². The van der Waals surface area contributed by atoms with Crippen molar-refractivity contribution in [2.24, 2.45) is 0 Å². The topological polar surface area (TPSA) is 43.8 Å². The molecule has 0 aliphatic rings. The number of para-hydroxylation sites is 1. The molecule has 1 aromatic carbocycles. The van der Waals surface area contributed by atoms with Crippen LogP contribution in [0.4, 0.5) is 5.95 Å². The fourth-order valence-corrected chi connectivity index (χ4v) is 1.89. The number of hydrogen-bond donors (Lipinski definition) is 1. The number of aryl methyl sites for hydroxylation is 1. The van der Waals surface area contributed by atoms with E-state index in [0.717, 1.165) is 30.4 Å². The fourth-order valence-electron chi connectivity index (χ4n) is 1.68. The van der Waals surface area contributed by atoms with Crippen LogP contribution in [-0.2, 0) is 6.54 Å². The summed E-state index contributed by atoms with van der Waals surface area (Å²) in [4.78, 5) is 4.27. The zero-order valence-corrected chi connectivity index (χ0v) is 9.46. The molecule has 0 fully saturated rings. The Morgan fingerprint density at radius 3 is 3.00 bits per heavy atom. The minimum absolute atomic E-state index is 0.548. The number of aromatic nitrogens is 2. The highest BCUT2D eigenvalue weighted by molar-refractivity contribution is 6.35. The molecule has 0 radical (unpaired) electrons. The molecule has 3 nitrogen and oxygen atoms in total. The first-order valence-electron chi connectivity index (χ1n) is 5.14. The van der Waals surface area contributed by atoms with Crippen LogP contribution in [0.5, 0.6) is 0 Å². The van der Waals surface area contributed by atoms with E-state index >= 15 is 0 Å². The van der Waals surface area contributed by atoms with Crippen molar-refractivity contribution in [2.75, 3.05) is 5.73 Å². The normalized spacial score (nSPS) is 11.1. The maximum Gasteiger partial charge on any atom is 0.201 e. The number of rotatable bonds is 3. The average molecular weight is 224 g/mol. The van der Waals surface area contributed by atoms with E-state index in [-0.39, 0.29) is 0 Å². The van der Waals surface area contributed by atoms with Crippen LogP contribution >= 0.6 is 11.6 Å². The molecular weight excluding hydrogens is 210 g/mol. The minimum atomic E-state index is 0.548. The van der Waals surface area contributed by atoms with Crippen molar-refractivity contribution < 1.29 is 0 Å². The van der Waals surface area contributed by atoms with Crippen LogP contribution in [0.2, 0.25) is 5.02 Å². The maximum absolute atomic E-state index is 6.04. The third-order valence-corrected chi connectivity index (χ3v) is 2.80. The Kier molecular flexibility index (Phi) is 2.82. The largest absolute Gasteiger partial charge is 0.369 e. The molecular formula is C11H14ClN3. The summed E-state index contributed by atoms with van der Waals surface area (Å²) >= 11 is 6.04. The van der Waals surface area contributed by atoms with Crippen molar-refractivity contribution in [3.63, 3.8) is 0 Å². The van der Waals surface area contributed by atoms with Gasteiger partial charge >= 0.3 is 0 Å². The Labute approximate surface area is 93.9 Å². The van der Waals surface area contributed by atoms with E-state index in [1.165, 1.54) is 0 Å². The first kappa shape index (κ1) is 10.3. The Balaban J connectivity index is 2.53. The number of fused-ring (bicyclic) bond motifs is 1. The third-order valence-electron chi connectivity index (χ3n) is 2.49. The van der Waals surface area contributed by atoms with E-state index in [2.05, 4.69) is 11.9 Å². The quantitative estimate of drug-likeness (QED) is 0.869. The summed E-state index contributed by atoms with van der Waals surface area (Å²) in [5.74, 6) is 0.548. The second kappa shape index (κ2) is 4.11. The lowest BCUT2D eigenvalue weighted by molar-refractivity contribution is 0.653. The summed E-state index contributed by atoms with van der Waals surface area (Å²) < 4.78 is 2.02. The first-order chi connectivity index (χ1) is 7.24. The molecule has 0 atom stereocenters. The van der Waals surface area contributed by atoms with Crippen molar-refractivity contribution >= 4 is 28.6 Å². The number of hydrogen-bond acceptors (Lipinski definition) is 2. The van der Waals surface area contributed by atoms with E-state index in [0.29, 0.717) is 11.0 Å². The van der Waals surface area contributed by atoms with E-state index in [4.69, 9.17) is 17.3 Å². The fraction of sp³-hybridized carbons (Fsp3) is 0.364. The molecule has 80 valence electrons. The van der Waals surface area contributed by atoms with Gasteiger partial charge < -0.3 is 10.3 Å². The lowest BCUT2D eigenvalue weighted by Gasteiger charge is -2.04. The van der Waals surface area contributed by atoms with E-state index < -0.39 is 0 Å². The first-order valence-corrected chi connectivity index (χ1v) is 5.52. The van der Waals surface area contributed by atoms with Crippen LogP contribution in [0, 0.1) is 0 Å². The summed E-state index contributed by atoms with van der Waals surface area (Å²) in [6.07, 6.45) is 2.24. The lowest BCUT2D eigenvalue weighted by atomic mass is 10.3. The van der Waals surface area contributed by atoms with Crippen molar-refractivity contribution in [3.05, 3.63) is 23.2 Å². The van der Waals surface area contributed by atoms with Crippen LogP contribution in [0.15, 0.2) is 18.2 Å². The van der Waals surface area contributed by atoms with Gasteiger partial charge in [-0.1, -0.05) is 31.0 Å². The molecule has 2 N–H and O–H groups in total. The van der Waals surface area contributed by atoms with Gasteiger partial charge in [0, 0.05) is 6.54 Å². The molecule has 0 aliphatic carbocycles. The predicted octanol–water partition coefficient (Wildman–Crippen LogP) is 3.07. The van der Waals surface area contributed by atoms with Crippen LogP contribution < -0.4 is 5.73 Å². The number of nitrogens with two attached hydrogens (primary N) is 1. The number of halogens is 1. The monoisotopic (exact) mass is 223 g/mol. The molecule has 1 aromatic heterocycles. The molecule has 0 aliphatic heterocycles. The van der Waals surface area contributed by atoms with Gasteiger partial charge in [0.2, 0.25) is 5.95 Å². The van der Waals surface area contributed by atoms with E-state index in [1.807, 2.05) is 22.8 Å². The molecule has 0 saturated heterocycles. The summed E-state index contributed by atoms with van der Waals surface area (Å²) in [7, 11) is 0. The zero-order chi connectivity index (χ0) is 10.8. The second-order valence-electron chi connectivity index (χ2n) is 3.58.